The summed E-state index contributed by atoms with van der Waals surface area (Å²) in [5, 5.41) is 4.73. The van der Waals surface area contributed by atoms with Crippen LogP contribution in [0.25, 0.3) is 16.9 Å². The minimum absolute atomic E-state index is 0.288. The quantitative estimate of drug-likeness (QED) is 0.702. The summed E-state index contributed by atoms with van der Waals surface area (Å²) < 4.78 is 25.0. The third kappa shape index (κ3) is 3.37. The van der Waals surface area contributed by atoms with Crippen LogP contribution >= 0.6 is 11.6 Å². The molecule has 1 aromatic heterocycles. The lowest BCUT2D eigenvalue weighted by molar-refractivity contribution is 0.602. The predicted octanol–water partition coefficient (Wildman–Crippen LogP) is 4.16. The molecule has 0 radical (unpaired) electrons. The van der Waals surface area contributed by atoms with Gasteiger partial charge in [-0.05, 0) is 36.2 Å². The van der Waals surface area contributed by atoms with Gasteiger partial charge >= 0.3 is 0 Å². The minimum atomic E-state index is -3.22. The van der Waals surface area contributed by atoms with E-state index < -0.39 is 9.84 Å². The van der Waals surface area contributed by atoms with E-state index in [1.54, 1.807) is 35.0 Å². The molecule has 6 heteroatoms. The second kappa shape index (κ2) is 6.42. The van der Waals surface area contributed by atoms with E-state index in [1.165, 1.54) is 11.8 Å². The zero-order valence-electron chi connectivity index (χ0n) is 13.4. The van der Waals surface area contributed by atoms with Crippen molar-refractivity contribution in [2.24, 2.45) is 0 Å². The Kier molecular flexibility index (Phi) is 4.47. The third-order valence-corrected chi connectivity index (χ3v) is 5.16. The SMILES string of the molecule is CCc1ccc(-n2nc(Cl)cc2-c2ccc(S(C)(=O)=O)cc2)cc1. The van der Waals surface area contributed by atoms with Gasteiger partial charge in [0.2, 0.25) is 0 Å². The Bertz CT molecular complexity index is 959. The largest absolute Gasteiger partial charge is 0.232 e. The highest BCUT2D eigenvalue weighted by Gasteiger charge is 2.12. The lowest BCUT2D eigenvalue weighted by Gasteiger charge is -2.09. The van der Waals surface area contributed by atoms with Crippen molar-refractivity contribution < 1.29 is 8.42 Å². The predicted molar refractivity (Wildman–Crippen MR) is 96.5 cm³/mol. The van der Waals surface area contributed by atoms with Gasteiger partial charge in [-0.3, -0.25) is 0 Å². The third-order valence-electron chi connectivity index (χ3n) is 3.85. The molecule has 4 nitrogen and oxygen atoms in total. The number of hydrogen-bond donors (Lipinski definition) is 0. The fourth-order valence-electron chi connectivity index (χ4n) is 2.50. The Labute approximate surface area is 146 Å². The number of nitrogens with zero attached hydrogens (tertiary/aromatic N) is 2. The Morgan fingerprint density at radius 3 is 2.21 bits per heavy atom. The molecule has 3 rings (SSSR count). The zero-order chi connectivity index (χ0) is 17.3. The molecule has 0 aliphatic heterocycles. The number of sulfone groups is 1. The number of rotatable bonds is 4. The van der Waals surface area contributed by atoms with Gasteiger partial charge in [0.05, 0.1) is 16.3 Å². The monoisotopic (exact) mass is 360 g/mol. The fourth-order valence-corrected chi connectivity index (χ4v) is 3.31. The first-order valence-corrected chi connectivity index (χ1v) is 9.81. The zero-order valence-corrected chi connectivity index (χ0v) is 15.0. The highest BCUT2D eigenvalue weighted by atomic mass is 35.5. The molecule has 0 unspecified atom stereocenters. The van der Waals surface area contributed by atoms with Crippen LogP contribution in [0.5, 0.6) is 0 Å². The van der Waals surface area contributed by atoms with E-state index >= 15 is 0 Å². The van der Waals surface area contributed by atoms with Gasteiger partial charge in [0, 0.05) is 17.9 Å². The van der Waals surface area contributed by atoms with Gasteiger partial charge in [-0.25, -0.2) is 13.1 Å². The van der Waals surface area contributed by atoms with Crippen molar-refractivity contribution >= 4 is 21.4 Å². The molecule has 0 N–H and O–H groups in total. The van der Waals surface area contributed by atoms with Crippen LogP contribution in [-0.4, -0.2) is 24.5 Å². The Morgan fingerprint density at radius 1 is 1.04 bits per heavy atom. The van der Waals surface area contributed by atoms with Crippen LogP contribution < -0.4 is 0 Å². The first kappa shape index (κ1) is 16.7. The Morgan fingerprint density at radius 2 is 1.67 bits per heavy atom. The molecule has 24 heavy (non-hydrogen) atoms. The van der Waals surface area contributed by atoms with Crippen molar-refractivity contribution in [1.29, 1.82) is 0 Å². The summed E-state index contributed by atoms with van der Waals surface area (Å²) >= 11 is 6.10. The average molecular weight is 361 g/mol. The molecule has 0 spiro atoms. The molecule has 0 aliphatic rings. The van der Waals surface area contributed by atoms with Crippen molar-refractivity contribution in [3.05, 3.63) is 65.3 Å². The summed E-state index contributed by atoms with van der Waals surface area (Å²) in [6.45, 7) is 2.11. The molecule has 0 atom stereocenters. The summed E-state index contributed by atoms with van der Waals surface area (Å²) in [5.74, 6) is 0. The molecule has 0 amide bonds. The summed E-state index contributed by atoms with van der Waals surface area (Å²) in [6.07, 6.45) is 2.17. The number of hydrogen-bond acceptors (Lipinski definition) is 3. The topological polar surface area (TPSA) is 52.0 Å². The van der Waals surface area contributed by atoms with Crippen molar-refractivity contribution in [2.75, 3.05) is 6.26 Å². The lowest BCUT2D eigenvalue weighted by Crippen LogP contribution is -2.00. The van der Waals surface area contributed by atoms with E-state index in [4.69, 9.17) is 11.6 Å². The van der Waals surface area contributed by atoms with E-state index in [0.29, 0.717) is 5.15 Å². The maximum Gasteiger partial charge on any atom is 0.175 e. The standard InChI is InChI=1S/C18H17ClN2O2S/c1-3-13-4-8-15(9-5-13)21-17(12-18(19)20-21)14-6-10-16(11-7-14)24(2,22)23/h4-12H,3H2,1-2H3. The van der Waals surface area contributed by atoms with Crippen LogP contribution in [0.3, 0.4) is 0 Å². The van der Waals surface area contributed by atoms with Crippen LogP contribution in [0.1, 0.15) is 12.5 Å². The molecule has 2 aromatic carbocycles. The molecule has 0 aliphatic carbocycles. The van der Waals surface area contributed by atoms with Gasteiger partial charge in [-0.1, -0.05) is 42.8 Å². The maximum absolute atomic E-state index is 11.6. The average Bonchev–Trinajstić information content (AvgIpc) is 2.96. The summed E-state index contributed by atoms with van der Waals surface area (Å²) in [7, 11) is -3.22. The normalized spacial score (nSPS) is 11.6. The van der Waals surface area contributed by atoms with Crippen molar-refractivity contribution in [1.82, 2.24) is 9.78 Å². The molecule has 1 heterocycles. The highest BCUT2D eigenvalue weighted by molar-refractivity contribution is 7.90. The smallest absolute Gasteiger partial charge is 0.175 e. The van der Waals surface area contributed by atoms with Crippen LogP contribution in [0.15, 0.2) is 59.5 Å². The van der Waals surface area contributed by atoms with E-state index in [9.17, 15) is 8.42 Å². The lowest BCUT2D eigenvalue weighted by atomic mass is 10.1. The van der Waals surface area contributed by atoms with Crippen molar-refractivity contribution in [3.63, 3.8) is 0 Å². The Balaban J connectivity index is 2.05. The van der Waals surface area contributed by atoms with E-state index in [2.05, 4.69) is 24.2 Å². The van der Waals surface area contributed by atoms with Crippen molar-refractivity contribution in [3.8, 4) is 16.9 Å². The number of aryl methyl sites for hydroxylation is 1. The van der Waals surface area contributed by atoms with E-state index in [1.807, 2.05) is 12.1 Å². The van der Waals surface area contributed by atoms with Gasteiger partial charge in [-0.15, -0.1) is 0 Å². The van der Waals surface area contributed by atoms with Crippen LogP contribution in [-0.2, 0) is 16.3 Å². The first-order chi connectivity index (χ1) is 11.4. The summed E-state index contributed by atoms with van der Waals surface area (Å²) in [6, 6.07) is 16.6. The molecule has 0 saturated heterocycles. The molecule has 124 valence electrons. The van der Waals surface area contributed by atoms with Crippen LogP contribution in [0.4, 0.5) is 0 Å². The summed E-state index contributed by atoms with van der Waals surface area (Å²) in [4.78, 5) is 0.288. The van der Waals surface area contributed by atoms with E-state index in [0.717, 1.165) is 23.4 Å². The molecule has 3 aromatic rings. The van der Waals surface area contributed by atoms with Crippen LogP contribution in [0.2, 0.25) is 5.15 Å². The number of aromatic nitrogens is 2. The Hall–Kier alpha value is -2.11. The molecule has 0 bridgehead atoms. The van der Waals surface area contributed by atoms with Gasteiger partial charge in [-0.2, -0.15) is 5.10 Å². The number of benzene rings is 2. The number of halogens is 1. The van der Waals surface area contributed by atoms with Gasteiger partial charge in [0.1, 0.15) is 0 Å². The van der Waals surface area contributed by atoms with Gasteiger partial charge < -0.3 is 0 Å². The van der Waals surface area contributed by atoms with Crippen molar-refractivity contribution in [2.45, 2.75) is 18.2 Å². The fraction of sp³-hybridized carbons (Fsp3) is 0.167. The highest BCUT2D eigenvalue weighted by Crippen LogP contribution is 2.27. The minimum Gasteiger partial charge on any atom is -0.232 e. The first-order valence-electron chi connectivity index (χ1n) is 7.54. The van der Waals surface area contributed by atoms with Crippen LogP contribution in [0, 0.1) is 0 Å². The second-order valence-electron chi connectivity index (χ2n) is 5.58. The molecule has 0 saturated carbocycles. The maximum atomic E-state index is 11.6. The van der Waals surface area contributed by atoms with E-state index in [-0.39, 0.29) is 4.90 Å². The summed E-state index contributed by atoms with van der Waals surface area (Å²) in [5.41, 5.74) is 3.81. The van der Waals surface area contributed by atoms with Gasteiger partial charge in [0.15, 0.2) is 15.0 Å². The molecular weight excluding hydrogens is 344 g/mol. The van der Waals surface area contributed by atoms with Gasteiger partial charge in [0.25, 0.3) is 0 Å². The molecular formula is C18H17ClN2O2S. The second-order valence-corrected chi connectivity index (χ2v) is 7.98. The molecule has 0 fully saturated rings.